The van der Waals surface area contributed by atoms with E-state index in [9.17, 15) is 4.79 Å². The van der Waals surface area contributed by atoms with Crippen LogP contribution in [0.5, 0.6) is 0 Å². The predicted octanol–water partition coefficient (Wildman–Crippen LogP) is 1.87. The SMILES string of the molecule is CCc1ccc(NC(=O)CCn2cncn2)cc1. The third kappa shape index (κ3) is 3.41. The predicted molar refractivity (Wildman–Crippen MR) is 69.1 cm³/mol. The standard InChI is InChI=1S/C13H16N4O/c1-2-11-3-5-12(6-4-11)16-13(18)7-8-17-10-14-9-15-17/h3-6,9-10H,2,7-8H2,1H3,(H,16,18). The number of amides is 1. The topological polar surface area (TPSA) is 59.8 Å². The van der Waals surface area contributed by atoms with Crippen molar-refractivity contribution in [2.75, 3.05) is 5.32 Å². The van der Waals surface area contributed by atoms with Crippen LogP contribution in [-0.2, 0) is 17.8 Å². The van der Waals surface area contributed by atoms with Crippen LogP contribution in [0, 0.1) is 0 Å². The molecule has 5 heteroatoms. The molecule has 1 aromatic heterocycles. The number of rotatable bonds is 5. The van der Waals surface area contributed by atoms with Gasteiger partial charge in [-0.15, -0.1) is 0 Å². The Morgan fingerprint density at radius 2 is 2.11 bits per heavy atom. The van der Waals surface area contributed by atoms with E-state index in [1.165, 1.54) is 11.9 Å². The van der Waals surface area contributed by atoms with Crippen LogP contribution < -0.4 is 5.32 Å². The molecular weight excluding hydrogens is 228 g/mol. The highest BCUT2D eigenvalue weighted by Gasteiger charge is 2.03. The van der Waals surface area contributed by atoms with Gasteiger partial charge in [0, 0.05) is 12.1 Å². The van der Waals surface area contributed by atoms with Crippen molar-refractivity contribution in [1.82, 2.24) is 14.8 Å². The van der Waals surface area contributed by atoms with Crippen LogP contribution in [0.2, 0.25) is 0 Å². The van der Waals surface area contributed by atoms with Gasteiger partial charge in [-0.05, 0) is 24.1 Å². The summed E-state index contributed by atoms with van der Waals surface area (Å²) in [7, 11) is 0. The van der Waals surface area contributed by atoms with Crippen molar-refractivity contribution < 1.29 is 4.79 Å². The highest BCUT2D eigenvalue weighted by Crippen LogP contribution is 2.10. The van der Waals surface area contributed by atoms with Crippen LogP contribution in [-0.4, -0.2) is 20.7 Å². The summed E-state index contributed by atoms with van der Waals surface area (Å²) < 4.78 is 1.64. The minimum Gasteiger partial charge on any atom is -0.326 e. The molecule has 0 aliphatic carbocycles. The molecule has 0 radical (unpaired) electrons. The Morgan fingerprint density at radius 1 is 1.33 bits per heavy atom. The number of carbonyl (C=O) groups is 1. The average Bonchev–Trinajstić information content (AvgIpc) is 2.90. The molecule has 2 aromatic rings. The van der Waals surface area contributed by atoms with E-state index in [0.717, 1.165) is 12.1 Å². The number of aromatic nitrogens is 3. The van der Waals surface area contributed by atoms with Gasteiger partial charge in [0.1, 0.15) is 12.7 Å². The van der Waals surface area contributed by atoms with Gasteiger partial charge in [-0.25, -0.2) is 4.98 Å². The van der Waals surface area contributed by atoms with Gasteiger partial charge in [0.15, 0.2) is 0 Å². The fourth-order valence-corrected chi connectivity index (χ4v) is 1.61. The van der Waals surface area contributed by atoms with Crippen molar-refractivity contribution in [1.29, 1.82) is 0 Å². The van der Waals surface area contributed by atoms with Crippen LogP contribution in [0.25, 0.3) is 0 Å². The number of hydrogen-bond donors (Lipinski definition) is 1. The normalized spacial score (nSPS) is 10.3. The van der Waals surface area contributed by atoms with Crippen LogP contribution in [0.3, 0.4) is 0 Å². The number of nitrogens with one attached hydrogen (secondary N) is 1. The zero-order chi connectivity index (χ0) is 12.8. The molecule has 1 amide bonds. The molecule has 0 atom stereocenters. The summed E-state index contributed by atoms with van der Waals surface area (Å²) in [5, 5.41) is 6.80. The third-order valence-corrected chi connectivity index (χ3v) is 2.68. The average molecular weight is 244 g/mol. The summed E-state index contributed by atoms with van der Waals surface area (Å²) in [4.78, 5) is 15.5. The molecule has 2 rings (SSSR count). The summed E-state index contributed by atoms with van der Waals surface area (Å²) >= 11 is 0. The molecule has 0 spiro atoms. The molecule has 0 aliphatic rings. The Hall–Kier alpha value is -2.17. The van der Waals surface area contributed by atoms with Crippen LogP contribution >= 0.6 is 0 Å². The minimum absolute atomic E-state index is 0.0188. The maximum atomic E-state index is 11.7. The van der Waals surface area contributed by atoms with Gasteiger partial charge in [0.2, 0.25) is 5.91 Å². The van der Waals surface area contributed by atoms with E-state index >= 15 is 0 Å². The highest BCUT2D eigenvalue weighted by molar-refractivity contribution is 5.90. The molecule has 0 aliphatic heterocycles. The van der Waals surface area contributed by atoms with Gasteiger partial charge >= 0.3 is 0 Å². The van der Waals surface area contributed by atoms with E-state index in [0.29, 0.717) is 13.0 Å². The van der Waals surface area contributed by atoms with Crippen molar-refractivity contribution >= 4 is 11.6 Å². The number of carbonyl (C=O) groups excluding carboxylic acids is 1. The number of aryl methyl sites for hydroxylation is 2. The Labute approximate surface area is 106 Å². The summed E-state index contributed by atoms with van der Waals surface area (Å²) in [6, 6.07) is 7.89. The molecule has 5 nitrogen and oxygen atoms in total. The van der Waals surface area contributed by atoms with Gasteiger partial charge in [-0.1, -0.05) is 19.1 Å². The number of anilines is 1. The second-order valence-corrected chi connectivity index (χ2v) is 4.01. The summed E-state index contributed by atoms with van der Waals surface area (Å²) in [5.41, 5.74) is 2.09. The lowest BCUT2D eigenvalue weighted by atomic mass is 10.1. The quantitative estimate of drug-likeness (QED) is 0.873. The number of benzene rings is 1. The minimum atomic E-state index is -0.0188. The summed E-state index contributed by atoms with van der Waals surface area (Å²) in [6.45, 7) is 2.64. The Bertz CT molecular complexity index is 490. The maximum absolute atomic E-state index is 11.7. The molecule has 1 heterocycles. The second kappa shape index (κ2) is 5.95. The van der Waals surface area contributed by atoms with Crippen molar-refractivity contribution in [2.24, 2.45) is 0 Å². The number of nitrogens with zero attached hydrogens (tertiary/aromatic N) is 3. The van der Waals surface area contributed by atoms with E-state index in [-0.39, 0.29) is 5.91 Å². The number of hydrogen-bond acceptors (Lipinski definition) is 3. The lowest BCUT2D eigenvalue weighted by molar-refractivity contribution is -0.116. The first-order valence-corrected chi connectivity index (χ1v) is 5.99. The van der Waals surface area contributed by atoms with Crippen molar-refractivity contribution in [3.8, 4) is 0 Å². The molecule has 94 valence electrons. The maximum Gasteiger partial charge on any atom is 0.226 e. The first kappa shape index (κ1) is 12.3. The molecule has 0 bridgehead atoms. The van der Waals surface area contributed by atoms with Crippen molar-refractivity contribution in [3.05, 3.63) is 42.5 Å². The lowest BCUT2D eigenvalue weighted by Crippen LogP contribution is -2.14. The fourth-order valence-electron chi connectivity index (χ4n) is 1.61. The molecule has 1 N–H and O–H groups in total. The van der Waals surface area contributed by atoms with Gasteiger partial charge in [-0.3, -0.25) is 9.48 Å². The third-order valence-electron chi connectivity index (χ3n) is 2.68. The smallest absolute Gasteiger partial charge is 0.226 e. The van der Waals surface area contributed by atoms with E-state index in [1.807, 2.05) is 24.3 Å². The van der Waals surface area contributed by atoms with Crippen LogP contribution in [0.4, 0.5) is 5.69 Å². The monoisotopic (exact) mass is 244 g/mol. The van der Waals surface area contributed by atoms with E-state index in [2.05, 4.69) is 22.3 Å². The largest absolute Gasteiger partial charge is 0.326 e. The Kier molecular flexibility index (Phi) is 4.06. The van der Waals surface area contributed by atoms with Crippen molar-refractivity contribution in [3.63, 3.8) is 0 Å². The van der Waals surface area contributed by atoms with Gasteiger partial charge in [0.05, 0.1) is 6.54 Å². The van der Waals surface area contributed by atoms with Gasteiger partial charge < -0.3 is 5.32 Å². The van der Waals surface area contributed by atoms with Crippen LogP contribution in [0.1, 0.15) is 18.9 Å². The fraction of sp³-hybridized carbons (Fsp3) is 0.308. The van der Waals surface area contributed by atoms with Gasteiger partial charge in [0.25, 0.3) is 0 Å². The van der Waals surface area contributed by atoms with Gasteiger partial charge in [-0.2, -0.15) is 5.10 Å². The lowest BCUT2D eigenvalue weighted by Gasteiger charge is -2.06. The molecule has 0 saturated carbocycles. The molecule has 1 aromatic carbocycles. The zero-order valence-electron chi connectivity index (χ0n) is 10.3. The summed E-state index contributed by atoms with van der Waals surface area (Å²) in [5.74, 6) is -0.0188. The van der Waals surface area contributed by atoms with E-state index in [4.69, 9.17) is 0 Å². The van der Waals surface area contributed by atoms with E-state index < -0.39 is 0 Å². The highest BCUT2D eigenvalue weighted by atomic mass is 16.1. The first-order valence-electron chi connectivity index (χ1n) is 5.99. The van der Waals surface area contributed by atoms with E-state index in [1.54, 1.807) is 11.0 Å². The molecule has 0 unspecified atom stereocenters. The molecular formula is C13H16N4O. The molecule has 0 fully saturated rings. The molecule has 0 saturated heterocycles. The molecule has 18 heavy (non-hydrogen) atoms. The second-order valence-electron chi connectivity index (χ2n) is 4.01. The Morgan fingerprint density at radius 3 is 2.72 bits per heavy atom. The zero-order valence-corrected chi connectivity index (χ0v) is 10.3. The van der Waals surface area contributed by atoms with Crippen LogP contribution in [0.15, 0.2) is 36.9 Å². The summed E-state index contributed by atoms with van der Waals surface area (Å²) in [6.07, 6.45) is 4.45. The van der Waals surface area contributed by atoms with Crippen molar-refractivity contribution in [2.45, 2.75) is 26.3 Å². The Balaban J connectivity index is 1.83. The first-order chi connectivity index (χ1) is 8.78.